The van der Waals surface area contributed by atoms with Gasteiger partial charge in [0.15, 0.2) is 0 Å². The number of rotatable bonds is 1. The van der Waals surface area contributed by atoms with Gasteiger partial charge in [0.1, 0.15) is 0 Å². The molecule has 0 amide bonds. The molecule has 0 aliphatic rings. The number of aryl methyl sites for hydroxylation is 2. The van der Waals surface area contributed by atoms with Crippen molar-refractivity contribution < 1.29 is 0 Å². The third-order valence-corrected chi connectivity index (χ3v) is 3.46. The van der Waals surface area contributed by atoms with Gasteiger partial charge in [0.2, 0.25) is 0 Å². The molecule has 1 nitrogen and oxygen atoms in total. The third kappa shape index (κ3) is 1.68. The van der Waals surface area contributed by atoms with Crippen LogP contribution in [-0.2, 0) is 0 Å². The summed E-state index contributed by atoms with van der Waals surface area (Å²) < 4.78 is 0. The largest absolute Gasteiger partial charge is 0.246 e. The summed E-state index contributed by atoms with van der Waals surface area (Å²) in [7, 11) is 0. The van der Waals surface area contributed by atoms with Crippen LogP contribution in [0.15, 0.2) is 24.3 Å². The molecule has 0 atom stereocenters. The molecule has 0 saturated carbocycles. The Morgan fingerprint density at radius 1 is 1.21 bits per heavy atom. The standard InChI is InChI=1S/C11H10ClNS/c1-7-11(14-8(2)13-7)9-5-3-4-6-10(9)12/h3-6H,1-2H3. The molecule has 3 heteroatoms. The van der Waals surface area contributed by atoms with Gasteiger partial charge in [-0.1, -0.05) is 29.8 Å². The monoisotopic (exact) mass is 223 g/mol. The van der Waals surface area contributed by atoms with Crippen LogP contribution in [0.2, 0.25) is 5.02 Å². The van der Waals surface area contributed by atoms with Gasteiger partial charge in [-0.05, 0) is 19.9 Å². The molecule has 0 radical (unpaired) electrons. The van der Waals surface area contributed by atoms with Crippen LogP contribution < -0.4 is 0 Å². The maximum Gasteiger partial charge on any atom is 0.0903 e. The number of hydrogen-bond acceptors (Lipinski definition) is 2. The molecule has 1 aromatic heterocycles. The fourth-order valence-electron chi connectivity index (χ4n) is 1.43. The molecule has 0 aliphatic heterocycles. The normalized spacial score (nSPS) is 10.5. The van der Waals surface area contributed by atoms with Crippen molar-refractivity contribution in [2.45, 2.75) is 13.8 Å². The van der Waals surface area contributed by atoms with Crippen LogP contribution in [0.3, 0.4) is 0 Å². The molecule has 0 fully saturated rings. The summed E-state index contributed by atoms with van der Waals surface area (Å²) in [5, 5.41) is 1.87. The van der Waals surface area contributed by atoms with Crippen molar-refractivity contribution in [1.82, 2.24) is 4.98 Å². The Morgan fingerprint density at radius 3 is 2.50 bits per heavy atom. The van der Waals surface area contributed by atoms with E-state index in [0.29, 0.717) is 0 Å². The van der Waals surface area contributed by atoms with E-state index in [1.54, 1.807) is 11.3 Å². The average Bonchev–Trinajstić information content (AvgIpc) is 2.46. The van der Waals surface area contributed by atoms with E-state index in [0.717, 1.165) is 21.3 Å². The summed E-state index contributed by atoms with van der Waals surface area (Å²) in [5.74, 6) is 0. The molecule has 1 aromatic carbocycles. The SMILES string of the molecule is Cc1nc(C)c(-c2ccccc2Cl)s1. The Hall–Kier alpha value is -0.860. The number of aromatic nitrogens is 1. The quantitative estimate of drug-likeness (QED) is 0.710. The van der Waals surface area contributed by atoms with Gasteiger partial charge in [0.25, 0.3) is 0 Å². The number of halogens is 1. The van der Waals surface area contributed by atoms with Crippen molar-refractivity contribution in [3.8, 4) is 10.4 Å². The Morgan fingerprint density at radius 2 is 1.93 bits per heavy atom. The molecule has 1 heterocycles. The van der Waals surface area contributed by atoms with Crippen molar-refractivity contribution in [1.29, 1.82) is 0 Å². The molecule has 2 rings (SSSR count). The van der Waals surface area contributed by atoms with Gasteiger partial charge in [0.05, 0.1) is 15.6 Å². The van der Waals surface area contributed by atoms with Gasteiger partial charge in [-0.2, -0.15) is 0 Å². The van der Waals surface area contributed by atoms with Crippen LogP contribution in [0.1, 0.15) is 10.7 Å². The fourth-order valence-corrected chi connectivity index (χ4v) is 2.67. The molecule has 0 spiro atoms. The molecule has 72 valence electrons. The topological polar surface area (TPSA) is 12.9 Å². The highest BCUT2D eigenvalue weighted by atomic mass is 35.5. The lowest BCUT2D eigenvalue weighted by molar-refractivity contribution is 1.20. The number of nitrogens with zero attached hydrogens (tertiary/aromatic N) is 1. The van der Waals surface area contributed by atoms with Crippen LogP contribution in [0.4, 0.5) is 0 Å². The zero-order valence-electron chi connectivity index (χ0n) is 8.04. The van der Waals surface area contributed by atoms with E-state index >= 15 is 0 Å². The predicted octanol–water partition coefficient (Wildman–Crippen LogP) is 4.08. The summed E-state index contributed by atoms with van der Waals surface area (Å²) in [6.45, 7) is 4.03. The molecular formula is C11H10ClNS. The third-order valence-electron chi connectivity index (χ3n) is 2.02. The lowest BCUT2D eigenvalue weighted by Gasteiger charge is -2.00. The van der Waals surface area contributed by atoms with Gasteiger partial charge < -0.3 is 0 Å². The van der Waals surface area contributed by atoms with Crippen molar-refractivity contribution >= 4 is 22.9 Å². The van der Waals surface area contributed by atoms with Crippen LogP contribution in [-0.4, -0.2) is 4.98 Å². The zero-order valence-corrected chi connectivity index (χ0v) is 9.62. The van der Waals surface area contributed by atoms with Crippen molar-refractivity contribution in [2.24, 2.45) is 0 Å². The Kier molecular flexibility index (Phi) is 2.57. The summed E-state index contributed by atoms with van der Waals surface area (Å²) in [6, 6.07) is 7.87. The van der Waals surface area contributed by atoms with E-state index in [4.69, 9.17) is 11.6 Å². The van der Waals surface area contributed by atoms with Crippen LogP contribution in [0, 0.1) is 13.8 Å². The van der Waals surface area contributed by atoms with Crippen molar-refractivity contribution in [3.05, 3.63) is 40.0 Å². The van der Waals surface area contributed by atoms with Gasteiger partial charge in [-0.25, -0.2) is 4.98 Å². The highest BCUT2D eigenvalue weighted by Crippen LogP contribution is 2.34. The van der Waals surface area contributed by atoms with Crippen molar-refractivity contribution in [2.75, 3.05) is 0 Å². The smallest absolute Gasteiger partial charge is 0.0903 e. The maximum absolute atomic E-state index is 6.12. The summed E-state index contributed by atoms with van der Waals surface area (Å²) in [6.07, 6.45) is 0. The van der Waals surface area contributed by atoms with E-state index in [-0.39, 0.29) is 0 Å². The Labute approximate surface area is 92.4 Å². The van der Waals surface area contributed by atoms with Crippen LogP contribution in [0.25, 0.3) is 10.4 Å². The Bertz CT molecular complexity index is 462. The minimum absolute atomic E-state index is 0.791. The molecular weight excluding hydrogens is 214 g/mol. The zero-order chi connectivity index (χ0) is 10.1. The van der Waals surface area contributed by atoms with E-state index < -0.39 is 0 Å². The molecule has 0 bridgehead atoms. The van der Waals surface area contributed by atoms with E-state index in [1.807, 2.05) is 38.1 Å². The molecule has 0 unspecified atom stereocenters. The highest BCUT2D eigenvalue weighted by molar-refractivity contribution is 7.15. The summed E-state index contributed by atoms with van der Waals surface area (Å²) in [4.78, 5) is 5.56. The van der Waals surface area contributed by atoms with Crippen LogP contribution in [0.5, 0.6) is 0 Å². The van der Waals surface area contributed by atoms with Gasteiger partial charge >= 0.3 is 0 Å². The molecule has 0 aliphatic carbocycles. The fraction of sp³-hybridized carbons (Fsp3) is 0.182. The first-order valence-corrected chi connectivity index (χ1v) is 5.57. The van der Waals surface area contributed by atoms with E-state index in [9.17, 15) is 0 Å². The molecule has 0 N–H and O–H groups in total. The number of benzene rings is 1. The van der Waals surface area contributed by atoms with Gasteiger partial charge in [-0.3, -0.25) is 0 Å². The van der Waals surface area contributed by atoms with Gasteiger partial charge in [0, 0.05) is 10.6 Å². The van der Waals surface area contributed by atoms with Crippen molar-refractivity contribution in [3.63, 3.8) is 0 Å². The van der Waals surface area contributed by atoms with E-state index in [1.165, 1.54) is 4.88 Å². The molecule has 0 saturated heterocycles. The first kappa shape index (κ1) is 9.69. The Balaban J connectivity index is 2.60. The first-order valence-electron chi connectivity index (χ1n) is 4.37. The minimum Gasteiger partial charge on any atom is -0.246 e. The molecule has 2 aromatic rings. The average molecular weight is 224 g/mol. The summed E-state index contributed by atoms with van der Waals surface area (Å²) in [5.41, 5.74) is 2.14. The van der Waals surface area contributed by atoms with Crippen LogP contribution >= 0.6 is 22.9 Å². The molecule has 14 heavy (non-hydrogen) atoms. The number of thiazole rings is 1. The first-order chi connectivity index (χ1) is 6.68. The second-order valence-electron chi connectivity index (χ2n) is 3.13. The lowest BCUT2D eigenvalue weighted by atomic mass is 10.2. The predicted molar refractivity (Wildman–Crippen MR) is 62.0 cm³/mol. The number of hydrogen-bond donors (Lipinski definition) is 0. The second kappa shape index (κ2) is 3.71. The lowest BCUT2D eigenvalue weighted by Crippen LogP contribution is -1.78. The second-order valence-corrected chi connectivity index (χ2v) is 4.74. The summed E-state index contributed by atoms with van der Waals surface area (Å²) >= 11 is 7.80. The highest BCUT2D eigenvalue weighted by Gasteiger charge is 2.09. The maximum atomic E-state index is 6.12. The minimum atomic E-state index is 0.791. The van der Waals surface area contributed by atoms with E-state index in [2.05, 4.69) is 4.98 Å². The van der Waals surface area contributed by atoms with Gasteiger partial charge in [-0.15, -0.1) is 11.3 Å².